The Bertz CT molecular complexity index is 1180. The van der Waals surface area contributed by atoms with Crippen molar-refractivity contribution in [1.29, 1.82) is 0 Å². The lowest BCUT2D eigenvalue weighted by molar-refractivity contribution is 0.477. The summed E-state index contributed by atoms with van der Waals surface area (Å²) in [6.45, 7) is 0. The van der Waals surface area contributed by atoms with E-state index in [9.17, 15) is 5.11 Å². The van der Waals surface area contributed by atoms with Gasteiger partial charge in [0.15, 0.2) is 17.1 Å². The van der Waals surface area contributed by atoms with Gasteiger partial charge in [-0.15, -0.1) is 10.2 Å². The smallest absolute Gasteiger partial charge is 0.175 e. The maximum absolute atomic E-state index is 10.1. The van der Waals surface area contributed by atoms with Crippen molar-refractivity contribution in [3.8, 4) is 22.8 Å². The second-order valence-corrected chi connectivity index (χ2v) is 6.13. The number of aromatic hydroxyl groups is 1. The van der Waals surface area contributed by atoms with E-state index in [1.54, 1.807) is 45.9 Å². The van der Waals surface area contributed by atoms with Crippen LogP contribution in [0.5, 0.6) is 5.75 Å². The first-order valence-electron chi connectivity index (χ1n) is 7.85. The lowest BCUT2D eigenvalue weighted by Crippen LogP contribution is -1.99. The molecular formula is C18H11ClN6O. The quantitative estimate of drug-likeness (QED) is 0.520. The van der Waals surface area contributed by atoms with Crippen molar-refractivity contribution >= 4 is 28.3 Å². The molecule has 0 saturated heterocycles. The molecule has 3 aromatic heterocycles. The van der Waals surface area contributed by atoms with Crippen molar-refractivity contribution < 1.29 is 5.11 Å². The number of aromatic nitrogens is 6. The molecule has 0 atom stereocenters. The third-order valence-corrected chi connectivity index (χ3v) is 4.52. The summed E-state index contributed by atoms with van der Waals surface area (Å²) >= 11 is 6.29. The third kappa shape index (κ3) is 2.07. The highest BCUT2D eigenvalue weighted by atomic mass is 35.5. The van der Waals surface area contributed by atoms with Crippen LogP contribution in [0.4, 0.5) is 0 Å². The number of nitrogens with zero attached hydrogens (tertiary/aromatic N) is 6. The van der Waals surface area contributed by atoms with E-state index in [-0.39, 0.29) is 5.75 Å². The molecule has 0 radical (unpaired) electrons. The largest absolute Gasteiger partial charge is 0.507 e. The van der Waals surface area contributed by atoms with Gasteiger partial charge in [-0.3, -0.25) is 4.40 Å². The normalized spacial score (nSPS) is 11.4. The summed E-state index contributed by atoms with van der Waals surface area (Å²) in [5.74, 6) is 0.645. The predicted molar refractivity (Wildman–Crippen MR) is 97.5 cm³/mol. The first-order valence-corrected chi connectivity index (χ1v) is 8.22. The lowest BCUT2D eigenvalue weighted by atomic mass is 10.2. The van der Waals surface area contributed by atoms with E-state index in [4.69, 9.17) is 11.6 Å². The number of phenolic OH excluding ortho intramolecular Hbond substituents is 1. The van der Waals surface area contributed by atoms with Gasteiger partial charge in [0.2, 0.25) is 0 Å². The second kappa shape index (κ2) is 5.53. The zero-order valence-corrected chi connectivity index (χ0v) is 14.0. The molecular weight excluding hydrogens is 352 g/mol. The highest BCUT2D eigenvalue weighted by molar-refractivity contribution is 6.32. The van der Waals surface area contributed by atoms with Gasteiger partial charge in [-0.25, -0.2) is 9.67 Å². The zero-order chi connectivity index (χ0) is 17.7. The minimum Gasteiger partial charge on any atom is -0.507 e. The molecule has 8 heteroatoms. The first-order chi connectivity index (χ1) is 12.7. The molecule has 0 bridgehead atoms. The molecule has 1 N–H and O–H groups in total. The number of halogens is 1. The maximum Gasteiger partial charge on any atom is 0.175 e. The van der Waals surface area contributed by atoms with E-state index in [0.29, 0.717) is 27.7 Å². The van der Waals surface area contributed by atoms with Crippen LogP contribution in [0.1, 0.15) is 0 Å². The van der Waals surface area contributed by atoms with Crippen LogP contribution in [0.15, 0.2) is 61.1 Å². The van der Waals surface area contributed by atoms with Gasteiger partial charge in [0.1, 0.15) is 12.1 Å². The minimum atomic E-state index is 0.133. The molecule has 0 aliphatic heterocycles. The van der Waals surface area contributed by atoms with Gasteiger partial charge in [0, 0.05) is 0 Å². The van der Waals surface area contributed by atoms with Crippen LogP contribution < -0.4 is 0 Å². The van der Waals surface area contributed by atoms with E-state index >= 15 is 0 Å². The molecule has 5 aromatic rings. The Morgan fingerprint density at radius 3 is 2.58 bits per heavy atom. The molecule has 0 saturated carbocycles. The fourth-order valence-corrected chi connectivity index (χ4v) is 3.18. The van der Waals surface area contributed by atoms with E-state index in [1.165, 1.54) is 0 Å². The summed E-state index contributed by atoms with van der Waals surface area (Å²) < 4.78 is 3.40. The number of hydrogen-bond acceptors (Lipinski definition) is 5. The number of benzene rings is 2. The average Bonchev–Trinajstić information content (AvgIpc) is 3.26. The molecule has 0 fully saturated rings. The van der Waals surface area contributed by atoms with Gasteiger partial charge in [-0.05, 0) is 24.3 Å². The van der Waals surface area contributed by atoms with Gasteiger partial charge in [0.25, 0.3) is 0 Å². The van der Waals surface area contributed by atoms with Gasteiger partial charge >= 0.3 is 0 Å². The molecule has 26 heavy (non-hydrogen) atoms. The number of rotatable bonds is 2. The number of phenols is 1. The van der Waals surface area contributed by atoms with Crippen LogP contribution in [-0.4, -0.2) is 34.5 Å². The summed E-state index contributed by atoms with van der Waals surface area (Å²) in [5.41, 5.74) is 2.55. The van der Waals surface area contributed by atoms with Crippen LogP contribution in [-0.2, 0) is 0 Å². The summed E-state index contributed by atoms with van der Waals surface area (Å²) in [5, 5.41) is 24.3. The summed E-state index contributed by atoms with van der Waals surface area (Å²) in [4.78, 5) is 4.52. The molecule has 126 valence electrons. The molecule has 3 heterocycles. The third-order valence-electron chi connectivity index (χ3n) is 4.20. The summed E-state index contributed by atoms with van der Waals surface area (Å²) in [6, 6.07) is 14.4. The van der Waals surface area contributed by atoms with Crippen molar-refractivity contribution in [3.63, 3.8) is 0 Å². The maximum atomic E-state index is 10.1. The predicted octanol–water partition coefficient (Wildman–Crippen LogP) is 3.49. The van der Waals surface area contributed by atoms with Crippen molar-refractivity contribution in [2.24, 2.45) is 0 Å². The Labute approximate surface area is 152 Å². The molecule has 0 aliphatic carbocycles. The molecule has 0 spiro atoms. The van der Waals surface area contributed by atoms with Gasteiger partial charge < -0.3 is 5.11 Å². The highest BCUT2D eigenvalue weighted by Crippen LogP contribution is 2.30. The second-order valence-electron chi connectivity index (χ2n) is 5.72. The molecule has 2 aromatic carbocycles. The Balaban J connectivity index is 1.76. The van der Waals surface area contributed by atoms with Crippen molar-refractivity contribution in [1.82, 2.24) is 29.4 Å². The van der Waals surface area contributed by atoms with Crippen molar-refractivity contribution in [2.45, 2.75) is 0 Å². The highest BCUT2D eigenvalue weighted by Gasteiger charge is 2.17. The molecule has 7 nitrogen and oxygen atoms in total. The van der Waals surface area contributed by atoms with Crippen LogP contribution in [0, 0.1) is 0 Å². The molecule has 0 aliphatic rings. The van der Waals surface area contributed by atoms with Crippen LogP contribution in [0.2, 0.25) is 5.02 Å². The SMILES string of the molecule is Oc1ccccc1-c1nnc2c3cnn(-c4ccccc4Cl)c3ncn12. The number of hydrogen-bond donors (Lipinski definition) is 1. The Kier molecular flexibility index (Phi) is 3.16. The standard InChI is InChI=1S/C18H11ClN6O/c19-13-6-2-3-7-14(13)25-16-12(9-21-25)18-23-22-17(24(18)10-20-16)11-5-1-4-8-15(11)26/h1-10,26H. The van der Waals surface area contributed by atoms with Crippen LogP contribution >= 0.6 is 11.6 Å². The molecule has 0 unspecified atom stereocenters. The zero-order valence-electron chi connectivity index (χ0n) is 13.3. The summed E-state index contributed by atoms with van der Waals surface area (Å²) in [6.07, 6.45) is 3.30. The number of fused-ring (bicyclic) bond motifs is 3. The van der Waals surface area contributed by atoms with Gasteiger partial charge in [0.05, 0.1) is 27.9 Å². The lowest BCUT2D eigenvalue weighted by Gasteiger charge is -2.05. The fourth-order valence-electron chi connectivity index (χ4n) is 2.97. The Hall–Kier alpha value is -3.45. The van der Waals surface area contributed by atoms with E-state index in [2.05, 4.69) is 20.3 Å². The number of para-hydroxylation sites is 2. The van der Waals surface area contributed by atoms with Crippen LogP contribution in [0.25, 0.3) is 33.8 Å². The van der Waals surface area contributed by atoms with Crippen molar-refractivity contribution in [3.05, 3.63) is 66.1 Å². The Morgan fingerprint density at radius 2 is 1.73 bits per heavy atom. The molecule has 0 amide bonds. The van der Waals surface area contributed by atoms with Gasteiger partial charge in [-0.1, -0.05) is 35.9 Å². The first kappa shape index (κ1) is 14.9. The minimum absolute atomic E-state index is 0.133. The van der Waals surface area contributed by atoms with Crippen LogP contribution in [0.3, 0.4) is 0 Å². The Morgan fingerprint density at radius 1 is 0.923 bits per heavy atom. The van der Waals surface area contributed by atoms with E-state index in [1.807, 2.05) is 24.3 Å². The molecule has 5 rings (SSSR count). The topological polar surface area (TPSA) is 81.1 Å². The average molecular weight is 363 g/mol. The summed E-state index contributed by atoms with van der Waals surface area (Å²) in [7, 11) is 0. The van der Waals surface area contributed by atoms with Gasteiger partial charge in [-0.2, -0.15) is 5.10 Å². The fraction of sp³-hybridized carbons (Fsp3) is 0. The van der Waals surface area contributed by atoms with E-state index < -0.39 is 0 Å². The monoisotopic (exact) mass is 362 g/mol. The van der Waals surface area contributed by atoms with Crippen molar-refractivity contribution in [2.75, 3.05) is 0 Å². The van der Waals surface area contributed by atoms with E-state index in [0.717, 1.165) is 11.1 Å².